The summed E-state index contributed by atoms with van der Waals surface area (Å²) in [6.45, 7) is 4.15. The van der Waals surface area contributed by atoms with Crippen LogP contribution in [0, 0.1) is 0 Å². The van der Waals surface area contributed by atoms with E-state index in [0.717, 1.165) is 135 Å². The van der Waals surface area contributed by atoms with E-state index in [-0.39, 0.29) is 25.7 Å². The molecule has 102 heavy (non-hydrogen) atoms. The highest BCUT2D eigenvalue weighted by molar-refractivity contribution is 7.47. The number of ether oxygens (including phenoxy) is 4. The summed E-state index contributed by atoms with van der Waals surface area (Å²) in [4.78, 5) is 72.7. The first-order valence-electron chi connectivity index (χ1n) is 37.3. The van der Waals surface area contributed by atoms with Crippen LogP contribution in [0.1, 0.15) is 233 Å². The van der Waals surface area contributed by atoms with Gasteiger partial charge in [0.25, 0.3) is 0 Å². The number of phosphoric ester groups is 2. The van der Waals surface area contributed by atoms with Crippen LogP contribution in [0.4, 0.5) is 0 Å². The second kappa shape index (κ2) is 73.0. The van der Waals surface area contributed by atoms with E-state index in [1.54, 1.807) is 6.08 Å². The van der Waals surface area contributed by atoms with Crippen molar-refractivity contribution in [2.75, 3.05) is 39.6 Å². The van der Waals surface area contributed by atoms with Gasteiger partial charge >= 0.3 is 39.5 Å². The predicted octanol–water partition coefficient (Wildman–Crippen LogP) is 21.5. The third kappa shape index (κ3) is 72.0. The Morgan fingerprint density at radius 1 is 0.294 bits per heavy atom. The largest absolute Gasteiger partial charge is 0.472 e. The van der Waals surface area contributed by atoms with Crippen molar-refractivity contribution in [1.82, 2.24) is 0 Å². The smallest absolute Gasteiger partial charge is 0.462 e. The topological polar surface area (TPSA) is 237 Å². The van der Waals surface area contributed by atoms with E-state index in [1.807, 2.05) is 48.6 Å². The lowest BCUT2D eigenvalue weighted by Crippen LogP contribution is -2.30. The SMILES string of the molecule is CC/C=C\C/C=C\C/C=C\C/C=C\C/C=C\C/C=C\CCC(=O)OCC(COP(=O)(O)OCC(O)COP(=O)(O)OCC(COC(=O)C/C=C\C/C=C\C/C=C\C/C=C\C/C=C\CC)OC(=O)CCCCCCC/C=C\CCCC)OC(=O)CCC/C=C\C/C=C\C/C=C\C/C=C\C/C=C\CC. The molecular weight excluding hydrogens is 1330 g/mol. The molecular formula is C83H128O17P2. The van der Waals surface area contributed by atoms with Crippen molar-refractivity contribution < 1.29 is 80.2 Å². The molecule has 0 fully saturated rings. The second-order valence-corrected chi connectivity index (χ2v) is 26.7. The van der Waals surface area contributed by atoms with Gasteiger partial charge in [-0.05, 0) is 148 Å². The molecule has 0 amide bonds. The van der Waals surface area contributed by atoms with Crippen molar-refractivity contribution in [2.45, 2.75) is 251 Å². The number of esters is 4. The molecule has 0 heterocycles. The van der Waals surface area contributed by atoms with Crippen LogP contribution in [0.15, 0.2) is 207 Å². The van der Waals surface area contributed by atoms with Crippen LogP contribution in [-0.2, 0) is 65.4 Å². The Balaban J connectivity index is 5.56. The minimum absolute atomic E-state index is 0.0108. The second-order valence-electron chi connectivity index (χ2n) is 23.8. The summed E-state index contributed by atoms with van der Waals surface area (Å²) >= 11 is 0. The van der Waals surface area contributed by atoms with E-state index < -0.39 is 97.5 Å². The van der Waals surface area contributed by atoms with Gasteiger partial charge in [0.15, 0.2) is 12.2 Å². The van der Waals surface area contributed by atoms with Gasteiger partial charge in [-0.25, -0.2) is 9.13 Å². The summed E-state index contributed by atoms with van der Waals surface area (Å²) in [5, 5.41) is 10.6. The van der Waals surface area contributed by atoms with Crippen LogP contribution in [-0.4, -0.2) is 96.7 Å². The molecule has 19 heteroatoms. The van der Waals surface area contributed by atoms with Crippen molar-refractivity contribution in [1.29, 1.82) is 0 Å². The van der Waals surface area contributed by atoms with E-state index in [4.69, 9.17) is 37.0 Å². The van der Waals surface area contributed by atoms with Crippen LogP contribution in [0.25, 0.3) is 0 Å². The lowest BCUT2D eigenvalue weighted by Gasteiger charge is -2.21. The van der Waals surface area contributed by atoms with Gasteiger partial charge in [0.1, 0.15) is 19.3 Å². The van der Waals surface area contributed by atoms with Crippen molar-refractivity contribution in [2.24, 2.45) is 0 Å². The first kappa shape index (κ1) is 95.6. The Hall–Kier alpha value is -6.36. The normalized spacial score (nSPS) is 15.1. The molecule has 0 radical (unpaired) electrons. The van der Waals surface area contributed by atoms with Crippen molar-refractivity contribution in [3.63, 3.8) is 0 Å². The number of carbonyl (C=O) groups excluding carboxylic acids is 4. The fourth-order valence-corrected chi connectivity index (χ4v) is 10.3. The Kier molecular flexibility index (Phi) is 68.4. The predicted molar refractivity (Wildman–Crippen MR) is 417 cm³/mol. The first-order valence-corrected chi connectivity index (χ1v) is 40.3. The van der Waals surface area contributed by atoms with Crippen molar-refractivity contribution in [3.05, 3.63) is 207 Å². The average molecular weight is 1460 g/mol. The van der Waals surface area contributed by atoms with Crippen molar-refractivity contribution in [3.8, 4) is 0 Å². The molecule has 5 atom stereocenters. The standard InChI is InChI=1S/C83H128O17P2/c1-5-9-13-17-21-25-29-32-35-37-38-40-42-45-49-52-56-60-64-68-81(86)94-74-79(100-83(88)70-66-62-58-54-50-46-43-39-36-33-30-26-22-18-14-10-6-2)76-98-102(91,92)96-72-77(84)71-95-101(89,90)97-75-78(99-82(87)69-65-61-57-53-47-28-24-20-16-12-8-4)73-93-80(85)67-63-59-55-51-48-44-41-34-31-27-23-19-15-11-7-3/h9-11,13-15,20-27,32-36,38,40-41,43,45-46,48-49,51,54,56,58-60,63,77-79,84H,5-8,12,16-19,28-31,37,39,42,44,47,50,52-53,55,57,61-62,64-76H2,1-4H3,(H,89,90)(H,91,92)/b13-9-,14-10-,15-11-,24-20-,25-21-,26-22-,27-23-,35-32-,36-33-,40-38-,41-34-,46-43-,49-45-,51-48-,58-54-,60-56-,63-59-. The molecule has 0 saturated carbocycles. The summed E-state index contributed by atoms with van der Waals surface area (Å²) in [5.41, 5.74) is 0. The Morgan fingerprint density at radius 3 is 0.961 bits per heavy atom. The summed E-state index contributed by atoms with van der Waals surface area (Å²) in [5.74, 6) is -2.53. The molecule has 3 N–H and O–H groups in total. The van der Waals surface area contributed by atoms with Gasteiger partial charge in [-0.3, -0.25) is 37.3 Å². The average Bonchev–Trinajstić information content (AvgIpc) is 0.921. The van der Waals surface area contributed by atoms with E-state index in [2.05, 4.69) is 180 Å². The number of unbranched alkanes of at least 4 members (excludes halogenated alkanes) is 8. The van der Waals surface area contributed by atoms with Crippen molar-refractivity contribution >= 4 is 39.5 Å². The Labute approximate surface area is 614 Å². The molecule has 0 rings (SSSR count). The molecule has 572 valence electrons. The number of aliphatic hydroxyl groups excluding tert-OH is 1. The molecule has 0 aliphatic heterocycles. The minimum Gasteiger partial charge on any atom is -0.462 e. The molecule has 0 aromatic heterocycles. The number of hydrogen-bond acceptors (Lipinski definition) is 15. The molecule has 17 nitrogen and oxygen atoms in total. The van der Waals surface area contributed by atoms with Gasteiger partial charge in [-0.15, -0.1) is 0 Å². The zero-order chi connectivity index (χ0) is 74.6. The highest BCUT2D eigenvalue weighted by Gasteiger charge is 2.30. The number of aliphatic hydroxyl groups is 1. The zero-order valence-corrected chi connectivity index (χ0v) is 64.0. The highest BCUT2D eigenvalue weighted by Crippen LogP contribution is 2.45. The monoisotopic (exact) mass is 1460 g/mol. The summed E-state index contributed by atoms with van der Waals surface area (Å²) in [6.07, 6.45) is 90.3. The Morgan fingerprint density at radius 2 is 0.578 bits per heavy atom. The van der Waals surface area contributed by atoms with E-state index in [9.17, 15) is 43.2 Å². The first-order chi connectivity index (χ1) is 49.7. The van der Waals surface area contributed by atoms with Crippen LogP contribution in [0.5, 0.6) is 0 Å². The number of hydrogen-bond donors (Lipinski definition) is 3. The molecule has 5 unspecified atom stereocenters. The maximum atomic E-state index is 13.1. The minimum atomic E-state index is -5.02. The maximum absolute atomic E-state index is 13.1. The fraction of sp³-hybridized carbons (Fsp3) is 0.542. The van der Waals surface area contributed by atoms with Gasteiger partial charge in [0.2, 0.25) is 0 Å². The molecule has 0 aromatic carbocycles. The number of carbonyl (C=O) groups is 4. The molecule has 0 aliphatic carbocycles. The summed E-state index contributed by atoms with van der Waals surface area (Å²) in [6, 6.07) is 0. The van der Waals surface area contributed by atoms with Crippen LogP contribution < -0.4 is 0 Å². The van der Waals surface area contributed by atoms with E-state index >= 15 is 0 Å². The van der Waals surface area contributed by atoms with Crippen LogP contribution in [0.3, 0.4) is 0 Å². The summed E-state index contributed by atoms with van der Waals surface area (Å²) < 4.78 is 68.1. The zero-order valence-electron chi connectivity index (χ0n) is 62.2. The molecule has 0 bridgehead atoms. The van der Waals surface area contributed by atoms with Gasteiger partial charge in [0, 0.05) is 19.3 Å². The maximum Gasteiger partial charge on any atom is 0.472 e. The van der Waals surface area contributed by atoms with Crippen LogP contribution in [0.2, 0.25) is 0 Å². The van der Waals surface area contributed by atoms with Gasteiger partial charge in [0.05, 0.1) is 32.8 Å². The van der Waals surface area contributed by atoms with E-state index in [0.29, 0.717) is 38.5 Å². The molecule has 0 saturated heterocycles. The lowest BCUT2D eigenvalue weighted by atomic mass is 10.1. The van der Waals surface area contributed by atoms with E-state index in [1.165, 1.54) is 6.42 Å². The molecule has 0 spiro atoms. The highest BCUT2D eigenvalue weighted by atomic mass is 31.2. The van der Waals surface area contributed by atoms with Crippen LogP contribution >= 0.6 is 15.6 Å². The van der Waals surface area contributed by atoms with Gasteiger partial charge in [-0.1, -0.05) is 266 Å². The quantitative estimate of drug-likeness (QED) is 0.0169. The van der Waals surface area contributed by atoms with Gasteiger partial charge in [-0.2, -0.15) is 0 Å². The van der Waals surface area contributed by atoms with Gasteiger partial charge < -0.3 is 33.8 Å². The molecule has 0 aromatic rings. The fourth-order valence-electron chi connectivity index (χ4n) is 8.69. The molecule has 0 aliphatic rings. The number of rotatable bonds is 67. The summed E-state index contributed by atoms with van der Waals surface area (Å²) in [7, 11) is -10.0. The third-order valence-electron chi connectivity index (χ3n) is 14.3. The number of allylic oxidation sites excluding steroid dienone is 33. The Bertz CT molecular complexity index is 2750. The number of phosphoric acid groups is 2. The third-order valence-corrected chi connectivity index (χ3v) is 16.2. The lowest BCUT2D eigenvalue weighted by molar-refractivity contribution is -0.161.